The Balaban J connectivity index is 1.69. The molecular weight excluding hydrogens is 378 g/mol. The van der Waals surface area contributed by atoms with E-state index in [0.29, 0.717) is 28.7 Å². The van der Waals surface area contributed by atoms with Gasteiger partial charge in [-0.05, 0) is 37.1 Å². The normalized spacial score (nSPS) is 16.7. The van der Waals surface area contributed by atoms with Crippen LogP contribution in [0.1, 0.15) is 12.8 Å². The quantitative estimate of drug-likeness (QED) is 0.466. The third-order valence-electron chi connectivity index (χ3n) is 5.67. The second-order valence-corrected chi connectivity index (χ2v) is 7.59. The smallest absolute Gasteiger partial charge is 0.265 e. The molecule has 1 saturated heterocycles. The van der Waals surface area contributed by atoms with Gasteiger partial charge in [-0.25, -0.2) is 15.0 Å². The number of rotatable bonds is 3. The summed E-state index contributed by atoms with van der Waals surface area (Å²) >= 11 is 0. The van der Waals surface area contributed by atoms with Crippen molar-refractivity contribution in [2.24, 2.45) is 0 Å². The number of aromatic nitrogens is 5. The molecule has 0 N–H and O–H groups in total. The van der Waals surface area contributed by atoms with Crippen LogP contribution in [-0.4, -0.2) is 36.8 Å². The van der Waals surface area contributed by atoms with Gasteiger partial charge < -0.3 is 4.74 Å². The van der Waals surface area contributed by atoms with E-state index in [4.69, 9.17) is 14.7 Å². The molecule has 1 aliphatic rings. The highest BCUT2D eigenvalue weighted by Crippen LogP contribution is 2.28. The van der Waals surface area contributed by atoms with Crippen LogP contribution in [0.3, 0.4) is 0 Å². The van der Waals surface area contributed by atoms with Crippen LogP contribution < -0.4 is 5.56 Å². The molecule has 148 valence electrons. The summed E-state index contributed by atoms with van der Waals surface area (Å²) in [4.78, 5) is 27.8. The molecule has 3 aromatic heterocycles. The Kier molecular flexibility index (Phi) is 3.89. The molecule has 2 aromatic carbocycles. The molecular formula is C23H19N5O2. The second-order valence-electron chi connectivity index (χ2n) is 7.59. The van der Waals surface area contributed by atoms with Crippen LogP contribution in [0.15, 0.2) is 65.7 Å². The molecule has 1 atom stereocenters. The Hall–Kier alpha value is -3.58. The Bertz CT molecular complexity index is 1450. The van der Waals surface area contributed by atoms with Crippen LogP contribution in [0.25, 0.3) is 38.9 Å². The van der Waals surface area contributed by atoms with E-state index in [0.717, 1.165) is 36.2 Å². The Labute approximate surface area is 171 Å². The van der Waals surface area contributed by atoms with Crippen molar-refractivity contribution in [1.29, 1.82) is 0 Å². The highest BCUT2D eigenvalue weighted by atomic mass is 16.5. The van der Waals surface area contributed by atoms with E-state index >= 15 is 0 Å². The van der Waals surface area contributed by atoms with Gasteiger partial charge >= 0.3 is 0 Å². The van der Waals surface area contributed by atoms with Gasteiger partial charge in [0.15, 0.2) is 11.3 Å². The molecule has 0 bridgehead atoms. The lowest BCUT2D eigenvalue weighted by Gasteiger charge is -2.11. The molecule has 6 rings (SSSR count). The number of para-hydroxylation sites is 3. The van der Waals surface area contributed by atoms with Gasteiger partial charge in [0.1, 0.15) is 17.2 Å². The number of ether oxygens (including phenoxy) is 1. The highest BCUT2D eigenvalue weighted by Gasteiger charge is 2.22. The minimum atomic E-state index is -0.111. The molecule has 1 aliphatic heterocycles. The molecule has 0 aliphatic carbocycles. The summed E-state index contributed by atoms with van der Waals surface area (Å²) < 4.78 is 9.28. The number of hydrogen-bond acceptors (Lipinski definition) is 5. The van der Waals surface area contributed by atoms with Gasteiger partial charge in [0, 0.05) is 12.3 Å². The van der Waals surface area contributed by atoms with Crippen LogP contribution in [0, 0.1) is 0 Å². The zero-order valence-corrected chi connectivity index (χ0v) is 16.2. The van der Waals surface area contributed by atoms with Crippen LogP contribution >= 0.6 is 0 Å². The maximum Gasteiger partial charge on any atom is 0.265 e. The molecule has 0 amide bonds. The summed E-state index contributed by atoms with van der Waals surface area (Å²) in [7, 11) is 0. The summed E-state index contributed by atoms with van der Waals surface area (Å²) in [5, 5.41) is 0.493. The Morgan fingerprint density at radius 3 is 2.50 bits per heavy atom. The third kappa shape index (κ3) is 2.63. The molecule has 0 saturated carbocycles. The predicted octanol–water partition coefficient (Wildman–Crippen LogP) is 3.46. The zero-order valence-electron chi connectivity index (χ0n) is 16.2. The summed E-state index contributed by atoms with van der Waals surface area (Å²) in [6, 6.07) is 17.5. The standard InChI is InChI=1S/C23H19N5O2/c29-23-19-20-22(26-18-11-5-4-10-17(18)25-20)28(15-7-2-1-3-8-15)21(19)24-14-27(23)13-16-9-6-12-30-16/h1-5,7-8,10-11,14,16H,6,9,12-13H2/t16-/m1/s1. The predicted molar refractivity (Wildman–Crippen MR) is 115 cm³/mol. The van der Waals surface area contributed by atoms with E-state index in [-0.39, 0.29) is 11.7 Å². The van der Waals surface area contributed by atoms with Gasteiger partial charge in [0.25, 0.3) is 5.56 Å². The van der Waals surface area contributed by atoms with E-state index < -0.39 is 0 Å². The van der Waals surface area contributed by atoms with Crippen LogP contribution in [0.4, 0.5) is 0 Å². The van der Waals surface area contributed by atoms with Crippen LogP contribution in [0.2, 0.25) is 0 Å². The van der Waals surface area contributed by atoms with Crippen molar-refractivity contribution < 1.29 is 4.74 Å². The van der Waals surface area contributed by atoms with Crippen molar-refractivity contribution in [1.82, 2.24) is 24.1 Å². The SMILES string of the molecule is O=c1c2c3nc4ccccc4nc3n(-c3ccccc3)c2ncn1C[C@H]1CCCO1. The fourth-order valence-corrected chi connectivity index (χ4v) is 4.23. The minimum absolute atomic E-state index is 0.0522. The monoisotopic (exact) mass is 397 g/mol. The van der Waals surface area contributed by atoms with Crippen molar-refractivity contribution in [3.8, 4) is 5.69 Å². The average molecular weight is 397 g/mol. The molecule has 7 heteroatoms. The molecule has 0 radical (unpaired) electrons. The molecule has 4 heterocycles. The minimum Gasteiger partial charge on any atom is -0.376 e. The first-order valence-electron chi connectivity index (χ1n) is 10.1. The van der Waals surface area contributed by atoms with Gasteiger partial charge in [-0.2, -0.15) is 0 Å². The molecule has 7 nitrogen and oxygen atoms in total. The van der Waals surface area contributed by atoms with E-state index in [2.05, 4.69) is 4.98 Å². The van der Waals surface area contributed by atoms with Crippen molar-refractivity contribution >= 4 is 33.2 Å². The largest absolute Gasteiger partial charge is 0.376 e. The van der Waals surface area contributed by atoms with Gasteiger partial charge in [-0.15, -0.1) is 0 Å². The molecule has 30 heavy (non-hydrogen) atoms. The van der Waals surface area contributed by atoms with E-state index in [1.165, 1.54) is 0 Å². The lowest BCUT2D eigenvalue weighted by molar-refractivity contribution is 0.0960. The fraction of sp³-hybridized carbons (Fsp3) is 0.217. The fourth-order valence-electron chi connectivity index (χ4n) is 4.23. The first kappa shape index (κ1) is 17.3. The molecule has 1 fully saturated rings. The highest BCUT2D eigenvalue weighted by molar-refractivity contribution is 6.05. The summed E-state index contributed by atoms with van der Waals surface area (Å²) in [5.74, 6) is 0. The Morgan fingerprint density at radius 1 is 0.967 bits per heavy atom. The van der Waals surface area contributed by atoms with Crippen molar-refractivity contribution in [2.45, 2.75) is 25.5 Å². The molecule has 0 unspecified atom stereocenters. The summed E-state index contributed by atoms with van der Waals surface area (Å²) in [6.07, 6.45) is 3.65. The first-order chi connectivity index (χ1) is 14.8. The third-order valence-corrected chi connectivity index (χ3v) is 5.67. The maximum atomic E-state index is 13.5. The van der Waals surface area contributed by atoms with Crippen LogP contribution in [-0.2, 0) is 11.3 Å². The van der Waals surface area contributed by atoms with Gasteiger partial charge in [0.2, 0.25) is 0 Å². The van der Waals surface area contributed by atoms with Gasteiger partial charge in [0.05, 0.1) is 23.7 Å². The van der Waals surface area contributed by atoms with Crippen molar-refractivity contribution in [3.05, 3.63) is 71.3 Å². The van der Waals surface area contributed by atoms with Gasteiger partial charge in [-0.1, -0.05) is 30.3 Å². The molecule has 0 spiro atoms. The number of nitrogens with zero attached hydrogens (tertiary/aromatic N) is 5. The van der Waals surface area contributed by atoms with E-state index in [1.54, 1.807) is 10.9 Å². The van der Waals surface area contributed by atoms with E-state index in [9.17, 15) is 4.79 Å². The molecule has 5 aromatic rings. The van der Waals surface area contributed by atoms with Crippen molar-refractivity contribution in [3.63, 3.8) is 0 Å². The first-order valence-corrected chi connectivity index (χ1v) is 10.1. The van der Waals surface area contributed by atoms with Crippen LogP contribution in [0.5, 0.6) is 0 Å². The Morgan fingerprint density at radius 2 is 1.73 bits per heavy atom. The topological polar surface area (TPSA) is 74.8 Å². The summed E-state index contributed by atoms with van der Waals surface area (Å²) in [5.41, 5.74) is 4.10. The van der Waals surface area contributed by atoms with Gasteiger partial charge in [-0.3, -0.25) is 13.9 Å². The lowest BCUT2D eigenvalue weighted by atomic mass is 10.2. The lowest BCUT2D eigenvalue weighted by Crippen LogP contribution is -2.26. The van der Waals surface area contributed by atoms with Crippen molar-refractivity contribution in [2.75, 3.05) is 6.61 Å². The number of hydrogen-bond donors (Lipinski definition) is 0. The second kappa shape index (κ2) is 6.74. The number of fused-ring (bicyclic) bond motifs is 4. The average Bonchev–Trinajstić information content (AvgIpc) is 3.40. The number of benzene rings is 2. The maximum absolute atomic E-state index is 13.5. The summed E-state index contributed by atoms with van der Waals surface area (Å²) in [6.45, 7) is 1.25. The van der Waals surface area contributed by atoms with E-state index in [1.807, 2.05) is 59.2 Å². The zero-order chi connectivity index (χ0) is 20.1.